The fourth-order valence-electron chi connectivity index (χ4n) is 1.27. The molecule has 0 radical (unpaired) electrons. The number of halogens is 2. The molecule has 0 aromatic heterocycles. The first-order valence-electron chi connectivity index (χ1n) is 4.61. The molecule has 3 heteroatoms. The molecule has 0 bridgehead atoms. The second kappa shape index (κ2) is 6.79. The summed E-state index contributed by atoms with van der Waals surface area (Å²) in [5, 5.41) is 0. The van der Waals surface area contributed by atoms with Gasteiger partial charge in [-0.15, -0.1) is 30.6 Å². The molecule has 13 heavy (non-hydrogen) atoms. The Bertz CT molecular complexity index is 224. The Morgan fingerprint density at radius 2 is 1.69 bits per heavy atom. The van der Waals surface area contributed by atoms with Gasteiger partial charge in [-0.05, 0) is 24.4 Å². The largest absolute Gasteiger partial charge is 0.186 e. The molecule has 0 saturated heterocycles. The van der Waals surface area contributed by atoms with Crippen molar-refractivity contribution >= 4 is 36.6 Å². The van der Waals surface area contributed by atoms with Crippen molar-refractivity contribution in [3.63, 3.8) is 0 Å². The Hall–Kier alpha value is 0.397. The second-order valence-electron chi connectivity index (χ2n) is 3.12. The summed E-state index contributed by atoms with van der Waals surface area (Å²) in [5.74, 6) is 0. The maximum atomic E-state index is 3.62. The fraction of sp³-hybridized carbons (Fsp3) is 0.400. The van der Waals surface area contributed by atoms with Crippen molar-refractivity contribution in [1.29, 1.82) is 0 Å². The van der Waals surface area contributed by atoms with Crippen LogP contribution in [0.1, 0.15) is 18.4 Å². The molecule has 0 heterocycles. The van der Waals surface area contributed by atoms with Gasteiger partial charge < -0.3 is 0 Å². The lowest BCUT2D eigenvalue weighted by Crippen LogP contribution is -1.91. The lowest BCUT2D eigenvalue weighted by Gasteiger charge is -2.01. The highest BCUT2D eigenvalue weighted by atomic mass is 79.9. The van der Waals surface area contributed by atoms with Crippen molar-refractivity contribution < 1.29 is 0 Å². The Morgan fingerprint density at radius 3 is 2.31 bits per heavy atom. The summed E-state index contributed by atoms with van der Waals surface area (Å²) in [6.07, 6.45) is 3.87. The predicted molar refractivity (Wildman–Crippen MR) is 69.2 cm³/mol. The summed E-state index contributed by atoms with van der Waals surface area (Å²) < 4.78 is 0. The zero-order chi connectivity index (χ0) is 9.52. The monoisotopic (exact) mass is 320 g/mol. The van der Waals surface area contributed by atoms with E-state index in [1.807, 2.05) is 0 Å². The minimum absolute atomic E-state index is 0.671. The smallest absolute Gasteiger partial charge is 0.116 e. The number of hydrogen-bond acceptors (Lipinski definition) is 0. The highest BCUT2D eigenvalue weighted by Crippen LogP contribution is 2.14. The van der Waals surface area contributed by atoms with E-state index in [0.717, 1.165) is 0 Å². The topological polar surface area (TPSA) is 0 Å². The first kappa shape index (κ1) is 11.5. The van der Waals surface area contributed by atoms with E-state index in [0.29, 0.717) is 0 Å². The van der Waals surface area contributed by atoms with Crippen LogP contribution in [-0.2, 0) is 6.42 Å². The summed E-state index contributed by atoms with van der Waals surface area (Å²) in [5.41, 5.74) is 1.46. The molecule has 0 nitrogen and oxygen atoms in total. The Balaban J connectivity index is 2.13. The number of unbranched alkanes of at least 4 members (excludes halogenated alkanes) is 1. The van der Waals surface area contributed by atoms with Gasteiger partial charge >= 0.3 is 0 Å². The molecule has 1 rings (SSSR count). The van der Waals surface area contributed by atoms with Crippen LogP contribution in [0, 0.1) is 0 Å². The Morgan fingerprint density at radius 1 is 1.00 bits per heavy atom. The first-order chi connectivity index (χ1) is 6.29. The van der Waals surface area contributed by atoms with Crippen LogP contribution in [0.4, 0.5) is 0 Å². The van der Waals surface area contributed by atoms with Gasteiger partial charge in [0.1, 0.15) is 0 Å². The molecule has 0 N–H and O–H groups in total. The molecule has 1 aromatic carbocycles. The van der Waals surface area contributed by atoms with E-state index in [9.17, 15) is 0 Å². The van der Waals surface area contributed by atoms with Crippen LogP contribution in [-0.4, -0.2) is 6.04 Å². The molecule has 0 aliphatic rings. The summed E-state index contributed by atoms with van der Waals surface area (Å²) in [7, 11) is 0. The zero-order valence-corrected chi connectivity index (χ0v) is 11.9. The molecule has 1 aromatic rings. The van der Waals surface area contributed by atoms with E-state index in [2.05, 4.69) is 60.9 Å². The highest BCUT2D eigenvalue weighted by Gasteiger charge is 1.99. The molecule has 0 fully saturated rings. The van der Waals surface area contributed by atoms with Crippen molar-refractivity contribution in [2.24, 2.45) is 0 Å². The summed E-state index contributed by atoms with van der Waals surface area (Å²) >= 11 is 7.23. The van der Waals surface area contributed by atoms with Crippen molar-refractivity contribution in [3.05, 3.63) is 35.9 Å². The normalized spacial score (nSPS) is 10.7. The van der Waals surface area contributed by atoms with Crippen LogP contribution in [0.5, 0.6) is 0 Å². The Labute approximate surface area is 97.5 Å². The van der Waals surface area contributed by atoms with Gasteiger partial charge in [-0.25, -0.2) is 0 Å². The van der Waals surface area contributed by atoms with Crippen LogP contribution in [0.25, 0.3) is 0 Å². The predicted octanol–water partition coefficient (Wildman–Crippen LogP) is 4.02. The van der Waals surface area contributed by atoms with E-state index < -0.39 is 6.04 Å². The summed E-state index contributed by atoms with van der Waals surface area (Å²) in [6.45, 7) is 0. The van der Waals surface area contributed by atoms with E-state index in [1.165, 1.54) is 30.9 Å². The van der Waals surface area contributed by atoms with E-state index >= 15 is 0 Å². The SMILES string of the molecule is Br[SiH](Br)CCCCc1ccccc1. The minimum Gasteiger partial charge on any atom is -0.116 e. The molecule has 0 saturated carbocycles. The van der Waals surface area contributed by atoms with Gasteiger partial charge in [0, 0.05) is 0 Å². The summed E-state index contributed by atoms with van der Waals surface area (Å²) in [6, 6.07) is 11.4. The Kier molecular flexibility index (Phi) is 5.99. The van der Waals surface area contributed by atoms with Gasteiger partial charge in [-0.2, -0.15) is 0 Å². The third-order valence-corrected chi connectivity index (χ3v) is 5.57. The third-order valence-electron chi connectivity index (χ3n) is 1.98. The number of aryl methyl sites for hydroxylation is 1. The van der Waals surface area contributed by atoms with Crippen molar-refractivity contribution in [3.8, 4) is 0 Å². The molecular weight excluding hydrogens is 308 g/mol. The average molecular weight is 322 g/mol. The van der Waals surface area contributed by atoms with E-state index in [4.69, 9.17) is 0 Å². The molecule has 0 atom stereocenters. The number of rotatable bonds is 5. The molecule has 0 aliphatic heterocycles. The maximum Gasteiger partial charge on any atom is 0.186 e. The minimum atomic E-state index is -0.671. The van der Waals surface area contributed by atoms with Gasteiger partial charge in [-0.1, -0.05) is 36.8 Å². The highest BCUT2D eigenvalue weighted by molar-refractivity contribution is 9.49. The number of benzene rings is 1. The molecule has 0 spiro atoms. The molecule has 0 amide bonds. The summed E-state index contributed by atoms with van der Waals surface area (Å²) in [4.78, 5) is 0. The molecule has 0 unspecified atom stereocenters. The van der Waals surface area contributed by atoms with Gasteiger partial charge in [0.05, 0.1) is 0 Å². The zero-order valence-electron chi connectivity index (χ0n) is 7.55. The maximum absolute atomic E-state index is 3.62. The number of hydrogen-bond donors (Lipinski definition) is 0. The third kappa shape index (κ3) is 5.65. The first-order valence-corrected chi connectivity index (χ1v) is 11.8. The van der Waals surface area contributed by atoms with E-state index in [-0.39, 0.29) is 0 Å². The van der Waals surface area contributed by atoms with Crippen LogP contribution >= 0.6 is 30.6 Å². The lowest BCUT2D eigenvalue weighted by molar-refractivity contribution is 0.793. The second-order valence-corrected chi connectivity index (χ2v) is 14.8. The van der Waals surface area contributed by atoms with Gasteiger partial charge in [0.25, 0.3) is 0 Å². The van der Waals surface area contributed by atoms with Crippen LogP contribution < -0.4 is 0 Å². The van der Waals surface area contributed by atoms with Crippen LogP contribution in [0.2, 0.25) is 6.04 Å². The fourth-order valence-corrected chi connectivity index (χ4v) is 3.81. The van der Waals surface area contributed by atoms with Gasteiger partial charge in [0.15, 0.2) is 6.04 Å². The standard InChI is InChI=1S/C10H14Br2Si/c11-13(12)9-5-4-8-10-6-2-1-3-7-10/h1-3,6-7,13H,4-5,8-9H2. The lowest BCUT2D eigenvalue weighted by atomic mass is 10.1. The molecular formula is C10H14Br2Si. The quantitative estimate of drug-likeness (QED) is 0.436. The average Bonchev–Trinajstić information content (AvgIpc) is 2.14. The van der Waals surface area contributed by atoms with E-state index in [1.54, 1.807) is 0 Å². The molecule has 0 aliphatic carbocycles. The molecule has 72 valence electrons. The van der Waals surface area contributed by atoms with Crippen molar-refractivity contribution in [1.82, 2.24) is 0 Å². The van der Waals surface area contributed by atoms with Gasteiger partial charge in [0.2, 0.25) is 0 Å². The van der Waals surface area contributed by atoms with Gasteiger partial charge in [-0.3, -0.25) is 0 Å². The van der Waals surface area contributed by atoms with Crippen molar-refractivity contribution in [2.45, 2.75) is 25.3 Å². The van der Waals surface area contributed by atoms with Crippen LogP contribution in [0.15, 0.2) is 30.3 Å². The van der Waals surface area contributed by atoms with Crippen molar-refractivity contribution in [2.75, 3.05) is 0 Å². The van der Waals surface area contributed by atoms with Crippen LogP contribution in [0.3, 0.4) is 0 Å².